The summed E-state index contributed by atoms with van der Waals surface area (Å²) in [7, 11) is 0. The maximum Gasteiger partial charge on any atom is 0.272 e. The first-order valence-corrected chi connectivity index (χ1v) is 8.28. The molecule has 2 heterocycles. The Labute approximate surface area is 133 Å². The Morgan fingerprint density at radius 3 is 2.82 bits per heavy atom. The van der Waals surface area contributed by atoms with E-state index in [9.17, 15) is 9.18 Å². The van der Waals surface area contributed by atoms with Gasteiger partial charge in [0.2, 0.25) is 0 Å². The molecular weight excluding hydrogens is 321 g/mol. The number of aromatic nitrogens is 2. The van der Waals surface area contributed by atoms with Gasteiger partial charge in [0, 0.05) is 0 Å². The van der Waals surface area contributed by atoms with Gasteiger partial charge in [-0.05, 0) is 29.1 Å². The maximum atomic E-state index is 13.0. The van der Waals surface area contributed by atoms with Crippen LogP contribution in [0.1, 0.15) is 5.56 Å². The van der Waals surface area contributed by atoms with Crippen molar-refractivity contribution in [2.75, 3.05) is 5.75 Å². The fourth-order valence-corrected chi connectivity index (χ4v) is 3.48. The summed E-state index contributed by atoms with van der Waals surface area (Å²) in [5.41, 5.74) is 1.32. The molecule has 0 aliphatic heterocycles. The van der Waals surface area contributed by atoms with Gasteiger partial charge in [-0.1, -0.05) is 23.9 Å². The summed E-state index contributed by atoms with van der Waals surface area (Å²) < 4.78 is 15.1. The summed E-state index contributed by atoms with van der Waals surface area (Å²) in [5, 5.41) is 11.1. The predicted octanol–water partition coefficient (Wildman–Crippen LogP) is 3.26. The van der Waals surface area contributed by atoms with Crippen LogP contribution < -0.4 is 5.56 Å². The summed E-state index contributed by atoms with van der Waals surface area (Å²) in [4.78, 5) is 17.1. The van der Waals surface area contributed by atoms with Crippen LogP contribution in [-0.2, 0) is 6.54 Å². The summed E-state index contributed by atoms with van der Waals surface area (Å²) in [5.74, 6) is -0.104. The van der Waals surface area contributed by atoms with Gasteiger partial charge < -0.3 is 0 Å². The smallest absolute Gasteiger partial charge is 0.272 e. The summed E-state index contributed by atoms with van der Waals surface area (Å²) in [6.07, 6.45) is 0. The molecule has 0 fully saturated rings. The van der Waals surface area contributed by atoms with E-state index in [0.717, 1.165) is 5.56 Å². The fourth-order valence-electron chi connectivity index (χ4n) is 2.04. The van der Waals surface area contributed by atoms with Crippen molar-refractivity contribution < 1.29 is 4.39 Å². The van der Waals surface area contributed by atoms with E-state index >= 15 is 0 Å². The first-order valence-electron chi connectivity index (χ1n) is 6.41. The Balaban J connectivity index is 2.08. The lowest BCUT2D eigenvalue weighted by molar-refractivity contribution is 0.623. The largest absolute Gasteiger partial charge is 0.282 e. The first kappa shape index (κ1) is 14.8. The molecule has 4 nitrogen and oxygen atoms in total. The lowest BCUT2D eigenvalue weighted by Gasteiger charge is -2.11. The fraction of sp³-hybridized carbons (Fsp3) is 0.133. The zero-order valence-electron chi connectivity index (χ0n) is 11.3. The first-order chi connectivity index (χ1) is 10.7. The van der Waals surface area contributed by atoms with Crippen molar-refractivity contribution in [1.82, 2.24) is 9.55 Å². The van der Waals surface area contributed by atoms with E-state index in [2.05, 4.69) is 4.98 Å². The van der Waals surface area contributed by atoms with Crippen molar-refractivity contribution in [2.24, 2.45) is 0 Å². The number of thiophene rings is 1. The molecular formula is C15H10FN3OS2. The Morgan fingerprint density at radius 1 is 1.32 bits per heavy atom. The molecule has 0 saturated heterocycles. The van der Waals surface area contributed by atoms with Crippen LogP contribution in [-0.4, -0.2) is 15.3 Å². The molecule has 0 aliphatic rings. The second kappa shape index (κ2) is 6.30. The molecule has 0 unspecified atom stereocenters. The molecule has 3 aromatic rings. The molecule has 1 aromatic carbocycles. The Kier molecular flexibility index (Phi) is 4.22. The number of fused-ring (bicyclic) bond motifs is 1. The third kappa shape index (κ3) is 2.89. The Hall–Kier alpha value is -2.17. The highest BCUT2D eigenvalue weighted by Gasteiger charge is 2.13. The van der Waals surface area contributed by atoms with Crippen molar-refractivity contribution in [3.05, 3.63) is 57.4 Å². The molecule has 2 aromatic heterocycles. The Morgan fingerprint density at radius 2 is 2.09 bits per heavy atom. The van der Waals surface area contributed by atoms with Crippen molar-refractivity contribution in [3.63, 3.8) is 0 Å². The molecule has 0 amide bonds. The van der Waals surface area contributed by atoms with E-state index in [0.29, 0.717) is 21.9 Å². The summed E-state index contributed by atoms with van der Waals surface area (Å²) >= 11 is 2.57. The van der Waals surface area contributed by atoms with Gasteiger partial charge in [0.1, 0.15) is 10.5 Å². The predicted molar refractivity (Wildman–Crippen MR) is 85.7 cm³/mol. The number of hydrogen-bond acceptors (Lipinski definition) is 5. The molecule has 0 aliphatic carbocycles. The number of halogens is 1. The van der Waals surface area contributed by atoms with Crippen LogP contribution in [0.2, 0.25) is 0 Å². The highest BCUT2D eigenvalue weighted by molar-refractivity contribution is 7.99. The van der Waals surface area contributed by atoms with Crippen LogP contribution in [0.25, 0.3) is 10.2 Å². The van der Waals surface area contributed by atoms with Gasteiger partial charge in [0.05, 0.1) is 23.9 Å². The molecule has 110 valence electrons. The number of hydrogen-bond donors (Lipinski definition) is 0. The summed E-state index contributed by atoms with van der Waals surface area (Å²) in [6.45, 7) is 0.299. The zero-order valence-corrected chi connectivity index (χ0v) is 13.0. The van der Waals surface area contributed by atoms with Crippen molar-refractivity contribution in [1.29, 1.82) is 5.26 Å². The number of nitriles is 1. The van der Waals surface area contributed by atoms with Crippen molar-refractivity contribution in [2.45, 2.75) is 11.7 Å². The highest BCUT2D eigenvalue weighted by atomic mass is 32.2. The minimum absolute atomic E-state index is 0.134. The standard InChI is InChI=1S/C15H10FN3OS2/c16-11-3-1-10(2-4-11)9-19-14(20)13-12(5-7-21-13)18-15(19)22-8-6-17/h1-5,7H,8-9H2. The maximum absolute atomic E-state index is 13.0. The second-order valence-electron chi connectivity index (χ2n) is 4.49. The van der Waals surface area contributed by atoms with Gasteiger partial charge in [-0.2, -0.15) is 5.26 Å². The van der Waals surface area contributed by atoms with Crippen molar-refractivity contribution >= 4 is 33.3 Å². The molecule has 0 atom stereocenters. The van der Waals surface area contributed by atoms with Gasteiger partial charge in [-0.3, -0.25) is 9.36 Å². The third-order valence-corrected chi connectivity index (χ3v) is 4.79. The van der Waals surface area contributed by atoms with E-state index in [4.69, 9.17) is 5.26 Å². The summed E-state index contributed by atoms with van der Waals surface area (Å²) in [6, 6.07) is 9.83. The molecule has 0 N–H and O–H groups in total. The van der Waals surface area contributed by atoms with Gasteiger partial charge >= 0.3 is 0 Å². The van der Waals surface area contributed by atoms with E-state index in [-0.39, 0.29) is 17.1 Å². The van der Waals surface area contributed by atoms with Crippen molar-refractivity contribution in [3.8, 4) is 6.07 Å². The monoisotopic (exact) mass is 331 g/mol. The van der Waals surface area contributed by atoms with E-state index < -0.39 is 0 Å². The van der Waals surface area contributed by atoms with Gasteiger partial charge in [0.15, 0.2) is 5.16 Å². The van der Waals surface area contributed by atoms with Crippen LogP contribution >= 0.6 is 23.1 Å². The van der Waals surface area contributed by atoms with Crippen LogP contribution in [0.4, 0.5) is 4.39 Å². The normalized spacial score (nSPS) is 10.7. The lowest BCUT2D eigenvalue weighted by Crippen LogP contribution is -2.23. The topological polar surface area (TPSA) is 58.7 Å². The lowest BCUT2D eigenvalue weighted by atomic mass is 10.2. The Bertz CT molecular complexity index is 909. The average molecular weight is 331 g/mol. The van der Waals surface area contributed by atoms with Crippen LogP contribution in [0.5, 0.6) is 0 Å². The molecule has 0 spiro atoms. The molecule has 0 radical (unpaired) electrons. The van der Waals surface area contributed by atoms with Gasteiger partial charge in [-0.25, -0.2) is 9.37 Å². The van der Waals surface area contributed by atoms with Crippen LogP contribution in [0.15, 0.2) is 45.7 Å². The highest BCUT2D eigenvalue weighted by Crippen LogP contribution is 2.21. The van der Waals surface area contributed by atoms with E-state index in [1.165, 1.54) is 39.8 Å². The number of rotatable bonds is 4. The quantitative estimate of drug-likeness (QED) is 0.544. The number of nitrogens with zero attached hydrogens (tertiary/aromatic N) is 3. The van der Waals surface area contributed by atoms with Gasteiger partial charge in [0.25, 0.3) is 5.56 Å². The van der Waals surface area contributed by atoms with Gasteiger partial charge in [-0.15, -0.1) is 11.3 Å². The van der Waals surface area contributed by atoms with Crippen LogP contribution in [0.3, 0.4) is 0 Å². The van der Waals surface area contributed by atoms with E-state index in [1.54, 1.807) is 18.2 Å². The molecule has 3 rings (SSSR count). The number of thioether (sulfide) groups is 1. The third-order valence-electron chi connectivity index (χ3n) is 3.05. The van der Waals surface area contributed by atoms with Crippen LogP contribution in [0, 0.1) is 17.1 Å². The van der Waals surface area contributed by atoms with E-state index in [1.807, 2.05) is 11.4 Å². The molecule has 7 heteroatoms. The molecule has 22 heavy (non-hydrogen) atoms. The second-order valence-corrected chi connectivity index (χ2v) is 6.35. The minimum Gasteiger partial charge on any atom is -0.282 e. The molecule has 0 saturated carbocycles. The molecule has 0 bridgehead atoms. The zero-order chi connectivity index (χ0) is 15.5. The average Bonchev–Trinajstić information content (AvgIpc) is 2.99. The number of benzene rings is 1. The minimum atomic E-state index is -0.318. The SMILES string of the molecule is N#CCSc1nc2ccsc2c(=O)n1Cc1ccc(F)cc1.